The van der Waals surface area contributed by atoms with Crippen molar-refractivity contribution in [3.8, 4) is 0 Å². The Labute approximate surface area is 119 Å². The number of benzene rings is 1. The fourth-order valence-electron chi connectivity index (χ4n) is 1.76. The van der Waals surface area contributed by atoms with Gasteiger partial charge in [0.25, 0.3) is 5.91 Å². The lowest BCUT2D eigenvalue weighted by molar-refractivity contribution is -0.140. The number of alkyl halides is 4. The Balaban J connectivity index is 3.23. The maximum atomic E-state index is 13.9. The van der Waals surface area contributed by atoms with Crippen LogP contribution >= 0.6 is 11.6 Å². The number of carbonyl (C=O) groups excluding carboxylic acids is 1. The van der Waals surface area contributed by atoms with Gasteiger partial charge in [-0.05, 0) is 26.0 Å². The van der Waals surface area contributed by atoms with E-state index in [0.29, 0.717) is 6.07 Å². The minimum absolute atomic E-state index is 0.116. The molecule has 0 atom stereocenters. The maximum Gasteiger partial charge on any atom is 0.419 e. The largest absolute Gasteiger partial charge is 0.419 e. The minimum atomic E-state index is -4.84. The van der Waals surface area contributed by atoms with E-state index in [9.17, 15) is 22.4 Å². The van der Waals surface area contributed by atoms with Gasteiger partial charge in [0.15, 0.2) is 0 Å². The Morgan fingerprint density at radius 3 is 2.40 bits per heavy atom. The van der Waals surface area contributed by atoms with Gasteiger partial charge in [-0.2, -0.15) is 13.2 Å². The summed E-state index contributed by atoms with van der Waals surface area (Å²) in [6.45, 7) is 3.49. The van der Waals surface area contributed by atoms with Crippen LogP contribution in [0.3, 0.4) is 0 Å². The third-order valence-electron chi connectivity index (χ3n) is 2.74. The van der Waals surface area contributed by atoms with Crippen molar-refractivity contribution in [2.24, 2.45) is 0 Å². The van der Waals surface area contributed by atoms with Crippen LogP contribution in [0, 0.1) is 5.82 Å². The average Bonchev–Trinajstić information content (AvgIpc) is 2.33. The van der Waals surface area contributed by atoms with Gasteiger partial charge in [-0.3, -0.25) is 4.79 Å². The van der Waals surface area contributed by atoms with Crippen molar-refractivity contribution in [3.05, 3.63) is 35.1 Å². The van der Waals surface area contributed by atoms with E-state index in [1.807, 2.05) is 0 Å². The third-order valence-corrected chi connectivity index (χ3v) is 2.91. The molecule has 112 valence electrons. The van der Waals surface area contributed by atoms with Crippen molar-refractivity contribution < 1.29 is 22.4 Å². The quantitative estimate of drug-likeness (QED) is 0.609. The molecule has 7 heteroatoms. The molecule has 0 N–H and O–H groups in total. The van der Waals surface area contributed by atoms with Gasteiger partial charge in [0, 0.05) is 18.5 Å². The molecular formula is C13H14ClF4NO. The van der Waals surface area contributed by atoms with E-state index >= 15 is 0 Å². The zero-order valence-electron chi connectivity index (χ0n) is 11.0. The van der Waals surface area contributed by atoms with Crippen LogP contribution in [0.25, 0.3) is 0 Å². The molecule has 0 aliphatic carbocycles. The van der Waals surface area contributed by atoms with Crippen LogP contribution in [0.2, 0.25) is 0 Å². The molecule has 0 aliphatic rings. The Bertz CT molecular complexity index is 488. The molecule has 0 saturated carbocycles. The molecular weight excluding hydrogens is 298 g/mol. The molecule has 0 bridgehead atoms. The number of hydrogen-bond acceptors (Lipinski definition) is 1. The first-order valence-electron chi connectivity index (χ1n) is 5.92. The number of carbonyl (C=O) groups is 1. The fraction of sp³-hybridized carbons (Fsp3) is 0.462. The van der Waals surface area contributed by atoms with Crippen molar-refractivity contribution in [1.82, 2.24) is 4.90 Å². The maximum absolute atomic E-state index is 13.9. The van der Waals surface area contributed by atoms with Gasteiger partial charge in [0.1, 0.15) is 5.82 Å². The Hall–Kier alpha value is -1.30. The van der Waals surface area contributed by atoms with Gasteiger partial charge >= 0.3 is 6.18 Å². The summed E-state index contributed by atoms with van der Waals surface area (Å²) < 4.78 is 51.7. The summed E-state index contributed by atoms with van der Waals surface area (Å²) in [5, 5.41) is 0. The summed E-state index contributed by atoms with van der Waals surface area (Å²) in [4.78, 5) is 13.4. The fourth-order valence-corrected chi connectivity index (χ4v) is 1.94. The molecule has 0 saturated heterocycles. The second-order valence-electron chi connectivity index (χ2n) is 4.45. The highest BCUT2D eigenvalue weighted by Crippen LogP contribution is 2.32. The van der Waals surface area contributed by atoms with Crippen molar-refractivity contribution in [2.75, 3.05) is 12.4 Å². The second-order valence-corrected chi connectivity index (χ2v) is 4.82. The van der Waals surface area contributed by atoms with E-state index < -0.39 is 29.0 Å². The standard InChI is InChI=1S/C13H14ClF4NO/c1-8(2)19(7-6-14)12(20)9-4-3-5-10(11(9)15)13(16,17)18/h3-5,8H,6-7H2,1-2H3. The van der Waals surface area contributed by atoms with Crippen LogP contribution in [0.15, 0.2) is 18.2 Å². The van der Waals surface area contributed by atoms with Crippen molar-refractivity contribution in [3.63, 3.8) is 0 Å². The van der Waals surface area contributed by atoms with Gasteiger partial charge in [0.05, 0.1) is 11.1 Å². The summed E-state index contributed by atoms with van der Waals surface area (Å²) in [7, 11) is 0. The second kappa shape index (κ2) is 6.43. The summed E-state index contributed by atoms with van der Waals surface area (Å²) in [6, 6.07) is 2.36. The normalized spacial score (nSPS) is 11.8. The predicted molar refractivity (Wildman–Crippen MR) is 68.3 cm³/mol. The smallest absolute Gasteiger partial charge is 0.335 e. The van der Waals surface area contributed by atoms with Gasteiger partial charge in [-0.15, -0.1) is 11.6 Å². The molecule has 0 heterocycles. The molecule has 0 radical (unpaired) electrons. The van der Waals surface area contributed by atoms with E-state index in [2.05, 4.69) is 0 Å². The Kier molecular flexibility index (Phi) is 5.39. The van der Waals surface area contributed by atoms with Gasteiger partial charge in [-0.25, -0.2) is 4.39 Å². The van der Waals surface area contributed by atoms with Gasteiger partial charge < -0.3 is 4.90 Å². The summed E-state index contributed by atoms with van der Waals surface area (Å²) in [5.41, 5.74) is -2.04. The van der Waals surface area contributed by atoms with E-state index in [1.165, 1.54) is 4.90 Å². The topological polar surface area (TPSA) is 20.3 Å². The first-order valence-corrected chi connectivity index (χ1v) is 6.46. The molecule has 0 aliphatic heterocycles. The summed E-state index contributed by atoms with van der Waals surface area (Å²) in [5.74, 6) is -2.24. The van der Waals surface area contributed by atoms with Crippen LogP contribution in [0.1, 0.15) is 29.8 Å². The van der Waals surface area contributed by atoms with Crippen LogP contribution in [0.4, 0.5) is 17.6 Å². The first kappa shape index (κ1) is 16.8. The van der Waals surface area contributed by atoms with Crippen LogP contribution in [-0.4, -0.2) is 29.3 Å². The van der Waals surface area contributed by atoms with E-state index in [4.69, 9.17) is 11.6 Å². The molecule has 0 unspecified atom stereocenters. The molecule has 1 amide bonds. The average molecular weight is 312 g/mol. The van der Waals surface area contributed by atoms with E-state index in [-0.39, 0.29) is 18.5 Å². The molecule has 0 aromatic heterocycles. The molecule has 1 aromatic rings. The van der Waals surface area contributed by atoms with Gasteiger partial charge in [0.2, 0.25) is 0 Å². The molecule has 20 heavy (non-hydrogen) atoms. The highest BCUT2D eigenvalue weighted by atomic mass is 35.5. The third kappa shape index (κ3) is 3.62. The highest BCUT2D eigenvalue weighted by Gasteiger charge is 2.36. The molecule has 1 rings (SSSR count). The van der Waals surface area contributed by atoms with Crippen LogP contribution in [-0.2, 0) is 6.18 Å². The number of hydrogen-bond donors (Lipinski definition) is 0. The number of amides is 1. The molecule has 0 fully saturated rings. The SMILES string of the molecule is CC(C)N(CCCl)C(=O)c1cccc(C(F)(F)F)c1F. The molecule has 2 nitrogen and oxygen atoms in total. The minimum Gasteiger partial charge on any atom is -0.335 e. The van der Waals surface area contributed by atoms with Crippen LogP contribution in [0.5, 0.6) is 0 Å². The lowest BCUT2D eigenvalue weighted by Crippen LogP contribution is -2.39. The molecule has 1 aromatic carbocycles. The summed E-state index contributed by atoms with van der Waals surface area (Å²) in [6.07, 6.45) is -4.84. The van der Waals surface area contributed by atoms with Crippen molar-refractivity contribution in [2.45, 2.75) is 26.1 Å². The van der Waals surface area contributed by atoms with E-state index in [1.54, 1.807) is 13.8 Å². The zero-order chi connectivity index (χ0) is 15.5. The predicted octanol–water partition coefficient (Wildman–Crippen LogP) is 3.93. The first-order chi connectivity index (χ1) is 9.20. The van der Waals surface area contributed by atoms with Gasteiger partial charge in [-0.1, -0.05) is 6.07 Å². The number of nitrogens with zero attached hydrogens (tertiary/aromatic N) is 1. The Morgan fingerprint density at radius 2 is 1.95 bits per heavy atom. The lowest BCUT2D eigenvalue weighted by Gasteiger charge is -2.26. The Morgan fingerprint density at radius 1 is 1.35 bits per heavy atom. The van der Waals surface area contributed by atoms with E-state index in [0.717, 1.165) is 12.1 Å². The summed E-state index contributed by atoms with van der Waals surface area (Å²) >= 11 is 5.55. The monoisotopic (exact) mass is 311 g/mol. The van der Waals surface area contributed by atoms with Crippen LogP contribution < -0.4 is 0 Å². The van der Waals surface area contributed by atoms with Crippen molar-refractivity contribution in [1.29, 1.82) is 0 Å². The highest BCUT2D eigenvalue weighted by molar-refractivity contribution is 6.18. The number of halogens is 5. The number of rotatable bonds is 4. The lowest BCUT2D eigenvalue weighted by atomic mass is 10.1. The zero-order valence-corrected chi connectivity index (χ0v) is 11.7. The molecule has 0 spiro atoms. The van der Waals surface area contributed by atoms with Crippen molar-refractivity contribution >= 4 is 17.5 Å².